The summed E-state index contributed by atoms with van der Waals surface area (Å²) in [7, 11) is 1.92. The number of aromatic nitrogens is 3. The van der Waals surface area contributed by atoms with E-state index in [0.717, 1.165) is 40.7 Å². The average Bonchev–Trinajstić information content (AvgIpc) is 2.73. The van der Waals surface area contributed by atoms with E-state index in [4.69, 9.17) is 0 Å². The average molecular weight is 338 g/mol. The lowest BCUT2D eigenvalue weighted by Crippen LogP contribution is -2.14. The summed E-state index contributed by atoms with van der Waals surface area (Å²) >= 11 is 3.58. The van der Waals surface area contributed by atoms with Gasteiger partial charge in [0.1, 0.15) is 0 Å². The van der Waals surface area contributed by atoms with Crippen LogP contribution in [0.4, 0.5) is 0 Å². The van der Waals surface area contributed by atoms with E-state index < -0.39 is 0 Å². The molecule has 108 valence electrons. The van der Waals surface area contributed by atoms with Gasteiger partial charge in [0, 0.05) is 25.9 Å². The molecule has 0 aromatic carbocycles. The molecule has 1 unspecified atom stereocenters. The zero-order chi connectivity index (χ0) is 14.5. The second kappa shape index (κ2) is 6.99. The van der Waals surface area contributed by atoms with Crippen LogP contribution < -0.4 is 0 Å². The molecule has 2 aromatic rings. The second-order valence-electron chi connectivity index (χ2n) is 4.94. The van der Waals surface area contributed by atoms with Crippen LogP contribution in [0, 0.1) is 0 Å². The Balaban J connectivity index is 1.95. The quantitative estimate of drug-likeness (QED) is 0.881. The lowest BCUT2D eigenvalue weighted by molar-refractivity contribution is 0.162. The normalized spacial score (nSPS) is 12.6. The van der Waals surface area contributed by atoms with Gasteiger partial charge >= 0.3 is 0 Å². The summed E-state index contributed by atoms with van der Waals surface area (Å²) in [6.45, 7) is 2.08. The summed E-state index contributed by atoms with van der Waals surface area (Å²) in [4.78, 5) is 4.09. The molecule has 0 aliphatic heterocycles. The number of halogens is 1. The number of hydrogen-bond donors (Lipinski definition) is 1. The third-order valence-corrected chi connectivity index (χ3v) is 4.34. The van der Waals surface area contributed by atoms with E-state index in [-0.39, 0.29) is 6.10 Å². The summed E-state index contributed by atoms with van der Waals surface area (Å²) in [5.74, 6) is 0. The number of aryl methyl sites for hydroxylation is 3. The Morgan fingerprint density at radius 2 is 2.25 bits per heavy atom. The van der Waals surface area contributed by atoms with E-state index in [1.165, 1.54) is 0 Å². The molecule has 5 heteroatoms. The van der Waals surface area contributed by atoms with Gasteiger partial charge in [0.2, 0.25) is 0 Å². The van der Waals surface area contributed by atoms with Crippen LogP contribution in [0.1, 0.15) is 30.3 Å². The SMILES string of the molecule is CCc1nn(C)c(CC(O)CCc2cccnc2)c1Br. The minimum absolute atomic E-state index is 0.369. The molecule has 0 aliphatic carbocycles. The van der Waals surface area contributed by atoms with Crippen LogP contribution in [0.3, 0.4) is 0 Å². The number of rotatable bonds is 6. The van der Waals surface area contributed by atoms with Gasteiger partial charge in [-0.2, -0.15) is 5.10 Å². The van der Waals surface area contributed by atoms with Crippen LogP contribution in [-0.4, -0.2) is 26.0 Å². The molecule has 0 bridgehead atoms. The van der Waals surface area contributed by atoms with Crippen molar-refractivity contribution in [1.82, 2.24) is 14.8 Å². The Bertz CT molecular complexity index is 554. The number of pyridine rings is 1. The first-order chi connectivity index (χ1) is 9.61. The molecule has 2 heterocycles. The van der Waals surface area contributed by atoms with Crippen molar-refractivity contribution in [2.45, 2.75) is 38.7 Å². The molecule has 0 saturated carbocycles. The molecule has 0 radical (unpaired) electrons. The molecular weight excluding hydrogens is 318 g/mol. The summed E-state index contributed by atoms with van der Waals surface area (Å²) in [5, 5.41) is 14.7. The van der Waals surface area contributed by atoms with Crippen molar-refractivity contribution in [3.05, 3.63) is 46.0 Å². The Morgan fingerprint density at radius 1 is 1.45 bits per heavy atom. The van der Waals surface area contributed by atoms with Gasteiger partial charge in [-0.25, -0.2) is 0 Å². The highest BCUT2D eigenvalue weighted by Gasteiger charge is 2.16. The van der Waals surface area contributed by atoms with Crippen LogP contribution in [0.25, 0.3) is 0 Å². The maximum Gasteiger partial charge on any atom is 0.0766 e. The van der Waals surface area contributed by atoms with Crippen LogP contribution >= 0.6 is 15.9 Å². The number of hydrogen-bond acceptors (Lipinski definition) is 3. The third kappa shape index (κ3) is 3.67. The van der Waals surface area contributed by atoms with Crippen molar-refractivity contribution in [1.29, 1.82) is 0 Å². The zero-order valence-electron chi connectivity index (χ0n) is 11.9. The number of aliphatic hydroxyl groups is 1. The first-order valence-corrected chi connectivity index (χ1v) is 7.68. The van der Waals surface area contributed by atoms with Crippen molar-refractivity contribution in [3.8, 4) is 0 Å². The van der Waals surface area contributed by atoms with E-state index in [1.807, 2.05) is 30.1 Å². The van der Waals surface area contributed by atoms with E-state index in [9.17, 15) is 5.11 Å². The molecule has 0 saturated heterocycles. The maximum atomic E-state index is 10.2. The first-order valence-electron chi connectivity index (χ1n) is 6.89. The van der Waals surface area contributed by atoms with Crippen LogP contribution in [0.5, 0.6) is 0 Å². The highest BCUT2D eigenvalue weighted by Crippen LogP contribution is 2.23. The fourth-order valence-corrected chi connectivity index (χ4v) is 3.02. The van der Waals surface area contributed by atoms with Gasteiger partial charge in [0.05, 0.1) is 22.0 Å². The monoisotopic (exact) mass is 337 g/mol. The summed E-state index contributed by atoms with van der Waals surface area (Å²) in [6, 6.07) is 3.96. The molecule has 0 amide bonds. The summed E-state index contributed by atoms with van der Waals surface area (Å²) < 4.78 is 2.89. The van der Waals surface area contributed by atoms with E-state index >= 15 is 0 Å². The van der Waals surface area contributed by atoms with Crippen LogP contribution in [0.2, 0.25) is 0 Å². The number of nitrogens with zero attached hydrogens (tertiary/aromatic N) is 3. The lowest BCUT2D eigenvalue weighted by Gasteiger charge is -2.11. The minimum Gasteiger partial charge on any atom is -0.393 e. The Morgan fingerprint density at radius 3 is 2.85 bits per heavy atom. The van der Waals surface area contributed by atoms with Crippen molar-refractivity contribution in [3.63, 3.8) is 0 Å². The predicted molar refractivity (Wildman–Crippen MR) is 82.6 cm³/mol. The summed E-state index contributed by atoms with van der Waals surface area (Å²) in [5.41, 5.74) is 3.26. The first kappa shape index (κ1) is 15.2. The molecule has 1 atom stereocenters. The van der Waals surface area contributed by atoms with Crippen LogP contribution in [0.15, 0.2) is 29.0 Å². The molecule has 2 aromatic heterocycles. The Kier molecular flexibility index (Phi) is 5.31. The smallest absolute Gasteiger partial charge is 0.0766 e. The molecular formula is C15H20BrN3O. The van der Waals surface area contributed by atoms with E-state index in [2.05, 4.69) is 32.9 Å². The van der Waals surface area contributed by atoms with Crippen molar-refractivity contribution >= 4 is 15.9 Å². The third-order valence-electron chi connectivity index (χ3n) is 3.42. The zero-order valence-corrected chi connectivity index (χ0v) is 13.5. The van der Waals surface area contributed by atoms with Crippen LogP contribution in [-0.2, 0) is 26.3 Å². The van der Waals surface area contributed by atoms with Crippen molar-refractivity contribution < 1.29 is 5.11 Å². The molecule has 20 heavy (non-hydrogen) atoms. The summed E-state index contributed by atoms with van der Waals surface area (Å²) in [6.07, 6.45) is 6.31. The molecule has 0 spiro atoms. The molecule has 1 N–H and O–H groups in total. The topological polar surface area (TPSA) is 50.9 Å². The Labute approximate surface area is 128 Å². The highest BCUT2D eigenvalue weighted by atomic mass is 79.9. The van der Waals surface area contributed by atoms with Gasteiger partial charge in [0.15, 0.2) is 0 Å². The largest absolute Gasteiger partial charge is 0.393 e. The minimum atomic E-state index is -0.369. The van der Waals surface area contributed by atoms with E-state index in [0.29, 0.717) is 6.42 Å². The molecule has 0 aliphatic rings. The van der Waals surface area contributed by atoms with Gasteiger partial charge < -0.3 is 5.11 Å². The highest BCUT2D eigenvalue weighted by molar-refractivity contribution is 9.10. The Hall–Kier alpha value is -1.20. The van der Waals surface area contributed by atoms with Gasteiger partial charge in [-0.3, -0.25) is 9.67 Å². The maximum absolute atomic E-state index is 10.2. The van der Waals surface area contributed by atoms with Gasteiger partial charge in [-0.05, 0) is 46.8 Å². The second-order valence-corrected chi connectivity index (χ2v) is 5.74. The van der Waals surface area contributed by atoms with Gasteiger partial charge in [-0.15, -0.1) is 0 Å². The predicted octanol–water partition coefficient (Wildman–Crippen LogP) is 2.68. The fraction of sp³-hybridized carbons (Fsp3) is 0.467. The van der Waals surface area contributed by atoms with Gasteiger partial charge in [0.25, 0.3) is 0 Å². The van der Waals surface area contributed by atoms with E-state index in [1.54, 1.807) is 6.20 Å². The fourth-order valence-electron chi connectivity index (χ4n) is 2.25. The van der Waals surface area contributed by atoms with Crippen molar-refractivity contribution in [2.24, 2.45) is 7.05 Å². The van der Waals surface area contributed by atoms with Gasteiger partial charge in [-0.1, -0.05) is 13.0 Å². The molecule has 4 nitrogen and oxygen atoms in total. The number of aliphatic hydroxyl groups excluding tert-OH is 1. The molecule has 2 rings (SSSR count). The lowest BCUT2D eigenvalue weighted by atomic mass is 10.0. The standard InChI is InChI=1S/C15H20BrN3O/c1-3-13-15(16)14(19(2)18-13)9-12(20)7-6-11-5-4-8-17-10-11/h4-5,8,10,12,20H,3,6-7,9H2,1-2H3. The van der Waals surface area contributed by atoms with Crippen molar-refractivity contribution in [2.75, 3.05) is 0 Å². The molecule has 0 fully saturated rings.